The number of nitro groups is 2. The number of hydrogen-bond acceptors (Lipinski definition) is 5. The van der Waals surface area contributed by atoms with E-state index < -0.39 is 56.1 Å². The highest BCUT2D eigenvalue weighted by Gasteiger charge is 2.37. The van der Waals surface area contributed by atoms with Crippen LogP contribution in [0.4, 0.5) is 49.1 Å². The third-order valence-corrected chi connectivity index (χ3v) is 4.25. The molecule has 0 fully saturated rings. The molecule has 1 N–H and O–H groups in total. The van der Waals surface area contributed by atoms with E-state index in [0.717, 1.165) is 0 Å². The van der Waals surface area contributed by atoms with Gasteiger partial charge in [0.25, 0.3) is 11.4 Å². The van der Waals surface area contributed by atoms with Crippen LogP contribution in [-0.4, -0.2) is 9.85 Å². The van der Waals surface area contributed by atoms with Gasteiger partial charge in [0.15, 0.2) is 0 Å². The van der Waals surface area contributed by atoms with Crippen molar-refractivity contribution in [1.29, 1.82) is 0 Å². The third kappa shape index (κ3) is 4.34. The number of nitrogens with one attached hydrogen (secondary N) is 1. The molecule has 3 aromatic rings. The molecule has 0 aromatic heterocycles. The second kappa shape index (κ2) is 7.41. The molecule has 0 aliphatic rings. The van der Waals surface area contributed by atoms with Gasteiger partial charge in [-0.25, -0.2) is 0 Å². The average molecular weight is 445 g/mol. The summed E-state index contributed by atoms with van der Waals surface area (Å²) in [6.45, 7) is 0. The molecule has 0 unspecified atom stereocenters. The highest BCUT2D eigenvalue weighted by atomic mass is 19.4. The molecule has 13 heteroatoms. The molecule has 0 aliphatic heterocycles. The predicted octanol–water partition coefficient (Wildman–Crippen LogP) is 6.44. The van der Waals surface area contributed by atoms with Crippen LogP contribution in [0.1, 0.15) is 11.1 Å². The van der Waals surface area contributed by atoms with E-state index in [2.05, 4.69) is 5.32 Å². The zero-order chi connectivity index (χ0) is 23.1. The van der Waals surface area contributed by atoms with Crippen molar-refractivity contribution in [2.24, 2.45) is 0 Å². The maximum Gasteiger partial charge on any atom is 0.416 e. The van der Waals surface area contributed by atoms with E-state index in [1.165, 1.54) is 24.3 Å². The molecular formula is C18H9F6N3O4. The van der Waals surface area contributed by atoms with Crippen molar-refractivity contribution in [3.8, 4) is 0 Å². The molecule has 0 heterocycles. The topological polar surface area (TPSA) is 98.3 Å². The summed E-state index contributed by atoms with van der Waals surface area (Å²) < 4.78 is 78.6. The van der Waals surface area contributed by atoms with Gasteiger partial charge in [-0.2, -0.15) is 26.3 Å². The number of non-ortho nitro benzene ring substituents is 1. The number of halogens is 6. The first-order chi connectivity index (χ1) is 14.3. The van der Waals surface area contributed by atoms with Crippen molar-refractivity contribution in [3.63, 3.8) is 0 Å². The first kappa shape index (κ1) is 21.8. The number of rotatable bonds is 4. The summed E-state index contributed by atoms with van der Waals surface area (Å²) in [5, 5.41) is 24.7. The van der Waals surface area contributed by atoms with E-state index in [1.54, 1.807) is 0 Å². The molecule has 0 atom stereocenters. The molecule has 7 nitrogen and oxygen atoms in total. The molecular weight excluding hydrogens is 436 g/mol. The van der Waals surface area contributed by atoms with Gasteiger partial charge in [-0.1, -0.05) is 18.2 Å². The van der Waals surface area contributed by atoms with Crippen LogP contribution in [0.15, 0.2) is 48.5 Å². The molecule has 3 rings (SSSR count). The van der Waals surface area contributed by atoms with E-state index in [9.17, 15) is 46.6 Å². The molecule has 0 spiro atoms. The Bertz CT molecular complexity index is 1180. The third-order valence-electron chi connectivity index (χ3n) is 4.25. The lowest BCUT2D eigenvalue weighted by Crippen LogP contribution is -2.12. The van der Waals surface area contributed by atoms with Crippen molar-refractivity contribution < 1.29 is 36.2 Å². The number of hydrogen-bond donors (Lipinski definition) is 1. The van der Waals surface area contributed by atoms with E-state index >= 15 is 0 Å². The molecule has 0 aliphatic carbocycles. The first-order valence-corrected chi connectivity index (χ1v) is 8.20. The lowest BCUT2D eigenvalue weighted by atomic mass is 10.0. The van der Waals surface area contributed by atoms with Crippen LogP contribution in [0.3, 0.4) is 0 Å². The Morgan fingerprint density at radius 1 is 0.710 bits per heavy atom. The van der Waals surface area contributed by atoms with Crippen molar-refractivity contribution in [1.82, 2.24) is 0 Å². The second-order valence-electron chi connectivity index (χ2n) is 6.27. The minimum Gasteiger partial charge on any atom is -0.349 e. The summed E-state index contributed by atoms with van der Waals surface area (Å²) in [6.07, 6.45) is -10.2. The fraction of sp³-hybridized carbons (Fsp3) is 0.111. The molecule has 31 heavy (non-hydrogen) atoms. The van der Waals surface area contributed by atoms with Crippen LogP contribution in [0.5, 0.6) is 0 Å². The van der Waals surface area contributed by atoms with Gasteiger partial charge in [-0.05, 0) is 24.3 Å². The molecule has 0 radical (unpaired) electrons. The number of benzene rings is 3. The van der Waals surface area contributed by atoms with Crippen LogP contribution in [-0.2, 0) is 12.4 Å². The number of anilines is 2. The smallest absolute Gasteiger partial charge is 0.349 e. The fourth-order valence-corrected chi connectivity index (χ4v) is 2.94. The number of fused-ring (bicyclic) bond motifs is 1. The zero-order valence-corrected chi connectivity index (χ0v) is 14.9. The van der Waals surface area contributed by atoms with Crippen LogP contribution in [0, 0.1) is 20.2 Å². The fourth-order valence-electron chi connectivity index (χ4n) is 2.94. The van der Waals surface area contributed by atoms with E-state index in [-0.39, 0.29) is 16.8 Å². The number of nitro benzene ring substituents is 2. The average Bonchev–Trinajstić information content (AvgIpc) is 2.66. The summed E-state index contributed by atoms with van der Waals surface area (Å²) >= 11 is 0. The SMILES string of the molecule is O=[N+]([O-])c1cc([N+](=O)[O-])c2ccccc2c1Nc1cc(C(F)(F)F)cc(C(F)(F)F)c1. The lowest BCUT2D eigenvalue weighted by Gasteiger charge is -2.16. The molecule has 162 valence electrons. The van der Waals surface area contributed by atoms with Gasteiger partial charge >= 0.3 is 12.4 Å². The quantitative estimate of drug-likeness (QED) is 0.283. The van der Waals surface area contributed by atoms with Gasteiger partial charge in [0.05, 0.1) is 32.4 Å². The van der Waals surface area contributed by atoms with Gasteiger partial charge in [-0.3, -0.25) is 20.2 Å². The maximum atomic E-state index is 13.1. The second-order valence-corrected chi connectivity index (χ2v) is 6.27. The Labute approximate surface area is 168 Å². The van der Waals surface area contributed by atoms with Gasteiger partial charge in [0, 0.05) is 11.1 Å². The first-order valence-electron chi connectivity index (χ1n) is 8.20. The zero-order valence-electron chi connectivity index (χ0n) is 14.9. The Balaban J connectivity index is 2.29. The summed E-state index contributed by atoms with van der Waals surface area (Å²) in [7, 11) is 0. The van der Waals surface area contributed by atoms with Crippen molar-refractivity contribution in [2.75, 3.05) is 5.32 Å². The van der Waals surface area contributed by atoms with Crippen molar-refractivity contribution >= 4 is 33.5 Å². The van der Waals surface area contributed by atoms with Crippen molar-refractivity contribution in [3.05, 3.63) is 79.9 Å². The maximum absolute atomic E-state index is 13.1. The van der Waals surface area contributed by atoms with Gasteiger partial charge in [0.1, 0.15) is 5.69 Å². The largest absolute Gasteiger partial charge is 0.416 e. The highest BCUT2D eigenvalue weighted by Crippen LogP contribution is 2.43. The van der Waals surface area contributed by atoms with Gasteiger partial charge in [0.2, 0.25) is 0 Å². The van der Waals surface area contributed by atoms with Crippen LogP contribution >= 0.6 is 0 Å². The summed E-state index contributed by atoms with van der Waals surface area (Å²) in [5.74, 6) is 0. The molecule has 0 bridgehead atoms. The Morgan fingerprint density at radius 2 is 1.19 bits per heavy atom. The Kier molecular flexibility index (Phi) is 5.21. The van der Waals surface area contributed by atoms with Gasteiger partial charge in [-0.15, -0.1) is 0 Å². The predicted molar refractivity (Wildman–Crippen MR) is 97.0 cm³/mol. The van der Waals surface area contributed by atoms with E-state index in [1.807, 2.05) is 0 Å². The Morgan fingerprint density at radius 3 is 1.65 bits per heavy atom. The number of nitrogens with zero attached hydrogens (tertiary/aromatic N) is 2. The van der Waals surface area contributed by atoms with Crippen LogP contribution in [0.2, 0.25) is 0 Å². The highest BCUT2D eigenvalue weighted by molar-refractivity contribution is 6.05. The molecule has 3 aromatic carbocycles. The van der Waals surface area contributed by atoms with Crippen LogP contribution in [0.25, 0.3) is 10.8 Å². The molecule has 0 saturated carbocycles. The summed E-state index contributed by atoms with van der Waals surface area (Å²) in [4.78, 5) is 20.8. The minimum absolute atomic E-state index is 0.0897. The monoisotopic (exact) mass is 445 g/mol. The van der Waals surface area contributed by atoms with E-state index in [0.29, 0.717) is 18.2 Å². The van der Waals surface area contributed by atoms with Gasteiger partial charge < -0.3 is 5.32 Å². The normalized spacial score (nSPS) is 12.1. The Hall–Kier alpha value is -3.90. The summed E-state index contributed by atoms with van der Waals surface area (Å²) in [5.41, 5.74) is -6.01. The lowest BCUT2D eigenvalue weighted by molar-refractivity contribution is -0.392. The number of alkyl halides is 6. The van der Waals surface area contributed by atoms with Crippen LogP contribution < -0.4 is 5.32 Å². The van der Waals surface area contributed by atoms with E-state index in [4.69, 9.17) is 0 Å². The molecule has 0 amide bonds. The minimum atomic E-state index is -5.12. The molecule has 0 saturated heterocycles. The summed E-state index contributed by atoms with van der Waals surface area (Å²) in [6, 6.07) is 6.41. The van der Waals surface area contributed by atoms with Crippen molar-refractivity contribution in [2.45, 2.75) is 12.4 Å². The standard InChI is InChI=1S/C18H9F6N3O4/c19-17(20,21)9-5-10(18(22,23)24)7-11(6-9)25-16-13-4-2-1-3-12(13)14(26(28)29)8-15(16)27(30)31/h1-8,25H.